The third kappa shape index (κ3) is 2.17. The van der Waals surface area contributed by atoms with Crippen molar-refractivity contribution in [2.75, 3.05) is 11.9 Å². The summed E-state index contributed by atoms with van der Waals surface area (Å²) in [6, 6.07) is 24.5. The molecule has 2 heterocycles. The molecule has 0 bridgehead atoms. The van der Waals surface area contributed by atoms with Crippen molar-refractivity contribution in [3.05, 3.63) is 72.8 Å². The van der Waals surface area contributed by atoms with E-state index in [-0.39, 0.29) is 0 Å². The Bertz CT molecular complexity index is 883. The molecular weight excluding hydrogens is 270 g/mol. The SMILES string of the molecule is CN(c1ccc2ccccc2n1)c1ccc2ccccc2n1. The number of benzene rings is 2. The van der Waals surface area contributed by atoms with Crippen LogP contribution in [0.2, 0.25) is 0 Å². The summed E-state index contributed by atoms with van der Waals surface area (Å²) in [6.07, 6.45) is 0. The van der Waals surface area contributed by atoms with Crippen LogP contribution >= 0.6 is 0 Å². The average molecular weight is 285 g/mol. The summed E-state index contributed by atoms with van der Waals surface area (Å²) in [6.45, 7) is 0. The van der Waals surface area contributed by atoms with E-state index in [2.05, 4.69) is 24.3 Å². The molecule has 0 N–H and O–H groups in total. The summed E-state index contributed by atoms with van der Waals surface area (Å²) in [5.41, 5.74) is 1.99. The highest BCUT2D eigenvalue weighted by Crippen LogP contribution is 2.24. The second kappa shape index (κ2) is 5.11. The van der Waals surface area contributed by atoms with Gasteiger partial charge in [-0.3, -0.25) is 0 Å². The Morgan fingerprint density at radius 1 is 0.591 bits per heavy atom. The van der Waals surface area contributed by atoms with E-state index in [4.69, 9.17) is 9.97 Å². The van der Waals surface area contributed by atoms with Crippen molar-refractivity contribution < 1.29 is 0 Å². The lowest BCUT2D eigenvalue weighted by Crippen LogP contribution is -2.12. The minimum Gasteiger partial charge on any atom is -0.314 e. The van der Waals surface area contributed by atoms with Crippen molar-refractivity contribution in [2.45, 2.75) is 0 Å². The van der Waals surface area contributed by atoms with Crippen molar-refractivity contribution in [1.29, 1.82) is 0 Å². The number of hydrogen-bond donors (Lipinski definition) is 0. The number of nitrogens with zero attached hydrogens (tertiary/aromatic N) is 3. The van der Waals surface area contributed by atoms with Crippen LogP contribution in [-0.4, -0.2) is 17.0 Å². The number of fused-ring (bicyclic) bond motifs is 2. The molecule has 0 spiro atoms. The predicted octanol–water partition coefficient (Wildman–Crippen LogP) is 4.55. The van der Waals surface area contributed by atoms with Gasteiger partial charge in [0.15, 0.2) is 0 Å². The summed E-state index contributed by atoms with van der Waals surface area (Å²) in [4.78, 5) is 11.4. The molecule has 4 aromatic rings. The summed E-state index contributed by atoms with van der Waals surface area (Å²) in [5.74, 6) is 1.78. The normalized spacial score (nSPS) is 11.0. The van der Waals surface area contributed by atoms with Gasteiger partial charge in [-0.1, -0.05) is 36.4 Å². The molecule has 0 fully saturated rings. The third-order valence-electron chi connectivity index (χ3n) is 3.85. The Morgan fingerprint density at radius 3 is 1.55 bits per heavy atom. The third-order valence-corrected chi connectivity index (χ3v) is 3.85. The number of para-hydroxylation sites is 2. The van der Waals surface area contributed by atoms with Gasteiger partial charge in [0.25, 0.3) is 0 Å². The van der Waals surface area contributed by atoms with Gasteiger partial charge in [0.1, 0.15) is 11.6 Å². The summed E-state index contributed by atoms with van der Waals surface area (Å²) >= 11 is 0. The average Bonchev–Trinajstić information content (AvgIpc) is 2.60. The zero-order chi connectivity index (χ0) is 14.9. The Morgan fingerprint density at radius 2 is 1.05 bits per heavy atom. The van der Waals surface area contributed by atoms with Crippen molar-refractivity contribution in [3.63, 3.8) is 0 Å². The second-order valence-electron chi connectivity index (χ2n) is 5.28. The van der Waals surface area contributed by atoms with Crippen molar-refractivity contribution in [3.8, 4) is 0 Å². The van der Waals surface area contributed by atoms with Gasteiger partial charge in [-0.05, 0) is 36.4 Å². The molecule has 0 aliphatic carbocycles. The Kier molecular flexibility index (Phi) is 2.97. The molecule has 0 atom stereocenters. The Balaban J connectivity index is 1.78. The second-order valence-corrected chi connectivity index (χ2v) is 5.28. The van der Waals surface area contributed by atoms with Gasteiger partial charge in [0.2, 0.25) is 0 Å². The molecule has 2 aromatic heterocycles. The first-order valence-electron chi connectivity index (χ1n) is 7.26. The summed E-state index contributed by atoms with van der Waals surface area (Å²) in [5, 5.41) is 2.29. The number of anilines is 2. The van der Waals surface area contributed by atoms with E-state index >= 15 is 0 Å². The quantitative estimate of drug-likeness (QED) is 0.541. The van der Waals surface area contributed by atoms with Gasteiger partial charge in [-0.2, -0.15) is 0 Å². The lowest BCUT2D eigenvalue weighted by Gasteiger charge is -2.18. The molecule has 0 unspecified atom stereocenters. The molecule has 106 valence electrons. The van der Waals surface area contributed by atoms with Gasteiger partial charge >= 0.3 is 0 Å². The Labute approximate surface area is 128 Å². The number of aromatic nitrogens is 2. The van der Waals surface area contributed by atoms with E-state index in [9.17, 15) is 0 Å². The fourth-order valence-electron chi connectivity index (χ4n) is 2.60. The zero-order valence-corrected chi connectivity index (χ0v) is 12.3. The molecule has 0 saturated heterocycles. The maximum absolute atomic E-state index is 4.72. The van der Waals surface area contributed by atoms with Crippen molar-refractivity contribution in [2.24, 2.45) is 0 Å². The molecule has 0 radical (unpaired) electrons. The van der Waals surface area contributed by atoms with E-state index in [0.717, 1.165) is 33.4 Å². The van der Waals surface area contributed by atoms with E-state index < -0.39 is 0 Å². The lowest BCUT2D eigenvalue weighted by molar-refractivity contribution is 1.10. The largest absolute Gasteiger partial charge is 0.314 e. The molecule has 22 heavy (non-hydrogen) atoms. The van der Waals surface area contributed by atoms with Crippen LogP contribution < -0.4 is 4.90 Å². The highest BCUT2D eigenvalue weighted by atomic mass is 15.2. The smallest absolute Gasteiger partial charge is 0.134 e. The highest BCUT2D eigenvalue weighted by Gasteiger charge is 2.08. The molecule has 3 heteroatoms. The fraction of sp³-hybridized carbons (Fsp3) is 0.0526. The molecule has 3 nitrogen and oxygen atoms in total. The van der Waals surface area contributed by atoms with Gasteiger partial charge in [-0.25, -0.2) is 9.97 Å². The lowest BCUT2D eigenvalue weighted by atomic mass is 10.2. The maximum Gasteiger partial charge on any atom is 0.134 e. The predicted molar refractivity (Wildman–Crippen MR) is 91.5 cm³/mol. The number of hydrogen-bond acceptors (Lipinski definition) is 3. The minimum absolute atomic E-state index is 0.890. The van der Waals surface area contributed by atoms with Gasteiger partial charge in [0, 0.05) is 17.8 Å². The van der Waals surface area contributed by atoms with Crippen LogP contribution in [0.15, 0.2) is 72.8 Å². The molecule has 2 aromatic carbocycles. The molecule has 0 aliphatic heterocycles. The van der Waals surface area contributed by atoms with E-state index in [1.807, 2.05) is 60.5 Å². The fourth-order valence-corrected chi connectivity index (χ4v) is 2.60. The van der Waals surface area contributed by atoms with Gasteiger partial charge < -0.3 is 4.90 Å². The van der Waals surface area contributed by atoms with E-state index in [1.165, 1.54) is 0 Å². The summed E-state index contributed by atoms with van der Waals surface area (Å²) < 4.78 is 0. The van der Waals surface area contributed by atoms with Crippen LogP contribution in [0, 0.1) is 0 Å². The van der Waals surface area contributed by atoms with Gasteiger partial charge in [-0.15, -0.1) is 0 Å². The topological polar surface area (TPSA) is 29.0 Å². The van der Waals surface area contributed by atoms with Crippen molar-refractivity contribution >= 4 is 33.4 Å². The van der Waals surface area contributed by atoms with Crippen LogP contribution in [0.1, 0.15) is 0 Å². The van der Waals surface area contributed by atoms with Gasteiger partial charge in [0.05, 0.1) is 11.0 Å². The minimum atomic E-state index is 0.890. The first-order chi connectivity index (χ1) is 10.8. The molecule has 0 amide bonds. The molecule has 0 aliphatic rings. The number of pyridine rings is 2. The number of rotatable bonds is 2. The first kappa shape index (κ1) is 12.8. The van der Waals surface area contributed by atoms with Crippen LogP contribution in [0.5, 0.6) is 0 Å². The van der Waals surface area contributed by atoms with E-state index in [0.29, 0.717) is 0 Å². The zero-order valence-electron chi connectivity index (χ0n) is 12.3. The Hall–Kier alpha value is -2.94. The van der Waals surface area contributed by atoms with Crippen LogP contribution in [0.25, 0.3) is 21.8 Å². The highest BCUT2D eigenvalue weighted by molar-refractivity contribution is 5.83. The molecule has 0 saturated carbocycles. The standard InChI is InChI=1S/C19H15N3/c1-22(18-12-10-14-6-2-4-8-16(14)20-18)19-13-11-15-7-3-5-9-17(15)21-19/h2-13H,1H3. The van der Waals surface area contributed by atoms with Crippen LogP contribution in [-0.2, 0) is 0 Å². The van der Waals surface area contributed by atoms with E-state index in [1.54, 1.807) is 0 Å². The monoisotopic (exact) mass is 285 g/mol. The maximum atomic E-state index is 4.72. The molecular formula is C19H15N3. The van der Waals surface area contributed by atoms with Crippen LogP contribution in [0.3, 0.4) is 0 Å². The van der Waals surface area contributed by atoms with Crippen molar-refractivity contribution in [1.82, 2.24) is 9.97 Å². The van der Waals surface area contributed by atoms with Crippen LogP contribution in [0.4, 0.5) is 11.6 Å². The summed E-state index contributed by atoms with van der Waals surface area (Å²) in [7, 11) is 1.99. The molecule has 4 rings (SSSR count). The first-order valence-corrected chi connectivity index (χ1v) is 7.26.